The van der Waals surface area contributed by atoms with Crippen LogP contribution >= 0.6 is 0 Å². The fourth-order valence-corrected chi connectivity index (χ4v) is 3.80. The molecule has 2 aromatic rings. The summed E-state index contributed by atoms with van der Waals surface area (Å²) in [5.74, 6) is 0.319. The van der Waals surface area contributed by atoms with Gasteiger partial charge in [0.2, 0.25) is 5.75 Å². The summed E-state index contributed by atoms with van der Waals surface area (Å²) in [4.78, 5) is 12.7. The molecule has 2 rings (SSSR count). The van der Waals surface area contributed by atoms with Gasteiger partial charge >= 0.3 is 5.63 Å². The molecule has 1 aromatic carbocycles. The number of aromatic hydroxyl groups is 1. The van der Waals surface area contributed by atoms with Crippen LogP contribution in [0.1, 0.15) is 91.9 Å². The molecule has 0 aliphatic carbocycles. The summed E-state index contributed by atoms with van der Waals surface area (Å²) in [5.41, 5.74) is 1.98. The van der Waals surface area contributed by atoms with E-state index in [0.717, 1.165) is 25.7 Å². The van der Waals surface area contributed by atoms with Crippen LogP contribution in [-0.2, 0) is 0 Å². The molecule has 0 bridgehead atoms. The van der Waals surface area contributed by atoms with Gasteiger partial charge in [-0.25, -0.2) is 4.79 Å². The third kappa shape index (κ3) is 9.28. The number of benzene rings is 1. The van der Waals surface area contributed by atoms with E-state index in [1.165, 1.54) is 55.7 Å². The predicted molar refractivity (Wildman–Crippen MR) is 140 cm³/mol. The molecule has 1 heterocycles. The summed E-state index contributed by atoms with van der Waals surface area (Å²) >= 11 is 0. The van der Waals surface area contributed by atoms with Gasteiger partial charge in [0, 0.05) is 0 Å². The van der Waals surface area contributed by atoms with Gasteiger partial charge in [-0.3, -0.25) is 0 Å². The van der Waals surface area contributed by atoms with E-state index in [1.807, 2.05) is 6.08 Å². The quantitative estimate of drug-likeness (QED) is 0.152. The lowest BCUT2D eigenvalue weighted by atomic mass is 10.1. The molecule has 0 spiro atoms. The van der Waals surface area contributed by atoms with Gasteiger partial charge in [-0.1, -0.05) is 75.2 Å². The van der Waals surface area contributed by atoms with Crippen LogP contribution < -0.4 is 15.1 Å². The highest BCUT2D eigenvalue weighted by Gasteiger charge is 2.19. The molecule has 188 valence electrons. The molecular weight excluding hydrogens is 428 g/mol. The predicted octanol–water partition coefficient (Wildman–Crippen LogP) is 8.09. The number of rotatable bonds is 16. The Morgan fingerprint density at radius 1 is 0.941 bits per heavy atom. The van der Waals surface area contributed by atoms with E-state index in [0.29, 0.717) is 17.7 Å². The normalized spacial score (nSPS) is 11.6. The number of hydrogen-bond donors (Lipinski definition) is 1. The van der Waals surface area contributed by atoms with Gasteiger partial charge in [0.25, 0.3) is 0 Å². The minimum absolute atomic E-state index is 0.0611. The number of phenolic OH excluding ortho intramolecular Hbond substituents is 1. The summed E-state index contributed by atoms with van der Waals surface area (Å²) < 4.78 is 17.3. The molecule has 5 heteroatoms. The summed E-state index contributed by atoms with van der Waals surface area (Å²) in [5, 5.41) is 10.7. The van der Waals surface area contributed by atoms with E-state index >= 15 is 0 Å². The SMILES string of the molecule is CCCCCCCCCCOc1c(OCC=C(C)CCC=C(C)C)c(=O)oc2c(O)cccc12. The molecule has 0 atom stereocenters. The van der Waals surface area contributed by atoms with Crippen molar-refractivity contribution in [2.24, 2.45) is 0 Å². The topological polar surface area (TPSA) is 68.9 Å². The third-order valence-corrected chi connectivity index (χ3v) is 5.82. The second kappa shape index (κ2) is 15.3. The number of ether oxygens (including phenoxy) is 2. The zero-order valence-corrected chi connectivity index (χ0v) is 21.5. The van der Waals surface area contributed by atoms with Crippen molar-refractivity contribution in [1.29, 1.82) is 0 Å². The van der Waals surface area contributed by atoms with E-state index in [-0.39, 0.29) is 23.7 Å². The van der Waals surface area contributed by atoms with E-state index in [2.05, 4.69) is 33.8 Å². The van der Waals surface area contributed by atoms with Crippen LogP contribution in [0.25, 0.3) is 11.0 Å². The number of fused-ring (bicyclic) bond motifs is 1. The van der Waals surface area contributed by atoms with Crippen LogP contribution in [-0.4, -0.2) is 18.3 Å². The minimum atomic E-state index is -0.643. The molecule has 1 aromatic heterocycles. The van der Waals surface area contributed by atoms with Crippen LogP contribution in [0.4, 0.5) is 0 Å². The Balaban J connectivity index is 2.04. The Morgan fingerprint density at radius 3 is 2.35 bits per heavy atom. The number of hydrogen-bond acceptors (Lipinski definition) is 5. The Kier molecular flexibility index (Phi) is 12.4. The van der Waals surface area contributed by atoms with E-state index in [9.17, 15) is 9.90 Å². The number of unbranched alkanes of at least 4 members (excludes halogenated alkanes) is 7. The zero-order chi connectivity index (χ0) is 24.8. The second-order valence-corrected chi connectivity index (χ2v) is 9.21. The maximum Gasteiger partial charge on any atom is 0.383 e. The third-order valence-electron chi connectivity index (χ3n) is 5.82. The van der Waals surface area contributed by atoms with E-state index in [1.54, 1.807) is 12.1 Å². The van der Waals surface area contributed by atoms with Gasteiger partial charge in [-0.2, -0.15) is 0 Å². The van der Waals surface area contributed by atoms with Crippen molar-refractivity contribution in [3.8, 4) is 17.2 Å². The highest BCUT2D eigenvalue weighted by molar-refractivity contribution is 5.89. The molecule has 0 unspecified atom stereocenters. The summed E-state index contributed by atoms with van der Waals surface area (Å²) in [6.07, 6.45) is 15.7. The van der Waals surface area contributed by atoms with Gasteiger partial charge in [0.05, 0.1) is 12.0 Å². The van der Waals surface area contributed by atoms with Crippen molar-refractivity contribution in [3.05, 3.63) is 51.9 Å². The van der Waals surface area contributed by atoms with Crippen molar-refractivity contribution in [2.45, 2.75) is 91.9 Å². The first kappa shape index (κ1) is 27.6. The molecule has 0 saturated heterocycles. The first-order valence-electron chi connectivity index (χ1n) is 12.8. The summed E-state index contributed by atoms with van der Waals surface area (Å²) in [6, 6.07) is 4.97. The minimum Gasteiger partial charge on any atom is -0.504 e. The highest BCUT2D eigenvalue weighted by atomic mass is 16.5. The molecular formula is C29H42O5. The highest BCUT2D eigenvalue weighted by Crippen LogP contribution is 2.36. The molecule has 0 amide bonds. The van der Waals surface area contributed by atoms with Crippen LogP contribution in [0.15, 0.2) is 50.7 Å². The molecule has 1 N–H and O–H groups in total. The Bertz CT molecular complexity index is 995. The van der Waals surface area contributed by atoms with Crippen LogP contribution in [0.3, 0.4) is 0 Å². The maximum absolute atomic E-state index is 12.7. The molecule has 0 saturated carbocycles. The van der Waals surface area contributed by atoms with Crippen LogP contribution in [0.2, 0.25) is 0 Å². The molecule has 5 nitrogen and oxygen atoms in total. The van der Waals surface area contributed by atoms with E-state index < -0.39 is 5.63 Å². The molecule has 0 radical (unpaired) electrons. The summed E-state index contributed by atoms with van der Waals surface area (Å²) in [6.45, 7) is 9.21. The lowest BCUT2D eigenvalue weighted by Crippen LogP contribution is -2.11. The van der Waals surface area contributed by atoms with Gasteiger partial charge in [-0.05, 0) is 58.2 Å². The Hall–Kier alpha value is -2.69. The molecule has 0 fully saturated rings. The number of para-hydroxylation sites is 1. The number of phenols is 1. The zero-order valence-electron chi connectivity index (χ0n) is 21.5. The average Bonchev–Trinajstić information content (AvgIpc) is 2.79. The molecule has 34 heavy (non-hydrogen) atoms. The van der Waals surface area contributed by atoms with E-state index in [4.69, 9.17) is 13.9 Å². The van der Waals surface area contributed by atoms with Crippen molar-refractivity contribution in [3.63, 3.8) is 0 Å². The lowest BCUT2D eigenvalue weighted by Gasteiger charge is -2.14. The number of allylic oxidation sites excluding steroid dienone is 3. The fraction of sp³-hybridized carbons (Fsp3) is 0.552. The van der Waals surface area contributed by atoms with Gasteiger partial charge in [0.1, 0.15) is 6.61 Å². The maximum atomic E-state index is 12.7. The first-order chi connectivity index (χ1) is 16.4. The van der Waals surface area contributed by atoms with Crippen LogP contribution in [0.5, 0.6) is 17.2 Å². The van der Waals surface area contributed by atoms with Crippen molar-refractivity contribution < 1.29 is 19.0 Å². The van der Waals surface area contributed by atoms with Crippen molar-refractivity contribution >= 4 is 11.0 Å². The molecule has 0 aliphatic heterocycles. The smallest absolute Gasteiger partial charge is 0.383 e. The average molecular weight is 471 g/mol. The van der Waals surface area contributed by atoms with Gasteiger partial charge in [0.15, 0.2) is 17.1 Å². The van der Waals surface area contributed by atoms with Gasteiger partial charge < -0.3 is 19.0 Å². The monoisotopic (exact) mass is 470 g/mol. The van der Waals surface area contributed by atoms with Gasteiger partial charge in [-0.15, -0.1) is 0 Å². The first-order valence-corrected chi connectivity index (χ1v) is 12.8. The largest absolute Gasteiger partial charge is 0.504 e. The molecule has 0 aliphatic rings. The van der Waals surface area contributed by atoms with Crippen molar-refractivity contribution in [2.75, 3.05) is 13.2 Å². The van der Waals surface area contributed by atoms with Crippen molar-refractivity contribution in [1.82, 2.24) is 0 Å². The standard InChI is InChI=1S/C29H42O5/c1-5-6-7-8-9-10-11-12-20-32-27-24-17-14-18-25(30)26(24)34-29(31)28(27)33-21-19-23(4)16-13-15-22(2)3/h14-15,17-19,30H,5-13,16,20-21H2,1-4H3. The second-order valence-electron chi connectivity index (χ2n) is 9.21. The Morgan fingerprint density at radius 2 is 1.65 bits per heavy atom. The lowest BCUT2D eigenvalue weighted by molar-refractivity contribution is 0.269. The Labute approximate surface area is 204 Å². The fourth-order valence-electron chi connectivity index (χ4n) is 3.80. The van der Waals surface area contributed by atoms with Crippen LogP contribution in [0, 0.1) is 0 Å². The summed E-state index contributed by atoms with van der Waals surface area (Å²) in [7, 11) is 0.